The normalized spacial score (nSPS) is 10.3. The second kappa shape index (κ2) is 2.81. The molecule has 0 saturated heterocycles. The number of rotatable bonds is 2. The highest BCUT2D eigenvalue weighted by atomic mass is 16.5. The van der Waals surface area contributed by atoms with E-state index in [1.54, 1.807) is 0 Å². The Bertz CT molecular complexity index is 199. The van der Waals surface area contributed by atoms with Crippen LogP contribution >= 0.6 is 0 Å². The van der Waals surface area contributed by atoms with Crippen LogP contribution in [0.2, 0.25) is 0 Å². The molecule has 0 bridgehead atoms. The molecule has 0 atom stereocenters. The Hall–Kier alpha value is -0.870. The van der Waals surface area contributed by atoms with Crippen LogP contribution in [0, 0.1) is 13.8 Å². The first-order chi connectivity index (χ1) is 4.75. The molecule has 0 aromatic carbocycles. The van der Waals surface area contributed by atoms with Gasteiger partial charge in [0.2, 0.25) is 0 Å². The van der Waals surface area contributed by atoms with E-state index in [4.69, 9.17) is 5.21 Å². The van der Waals surface area contributed by atoms with Crippen LogP contribution < -0.4 is 5.48 Å². The zero-order chi connectivity index (χ0) is 7.56. The van der Waals surface area contributed by atoms with Gasteiger partial charge in [-0.1, -0.05) is 0 Å². The number of nitrogens with zero attached hydrogens (tertiary/aromatic N) is 1. The lowest BCUT2D eigenvalue weighted by Crippen LogP contribution is -2.07. The number of H-pyrrole nitrogens is 1. The van der Waals surface area contributed by atoms with Gasteiger partial charge in [0.15, 0.2) is 0 Å². The third-order valence-electron chi connectivity index (χ3n) is 1.54. The van der Waals surface area contributed by atoms with Gasteiger partial charge in [-0.25, -0.2) is 5.48 Å². The number of hydroxylamine groups is 1. The first-order valence-corrected chi connectivity index (χ1v) is 3.13. The Labute approximate surface area is 59.2 Å². The van der Waals surface area contributed by atoms with Gasteiger partial charge in [-0.15, -0.1) is 0 Å². The van der Waals surface area contributed by atoms with Crippen LogP contribution in [-0.2, 0) is 6.54 Å². The topological polar surface area (TPSA) is 60.9 Å². The predicted molar refractivity (Wildman–Crippen MR) is 36.7 cm³/mol. The fourth-order valence-electron chi connectivity index (χ4n) is 0.914. The molecule has 1 aromatic rings. The van der Waals surface area contributed by atoms with E-state index in [0.717, 1.165) is 17.0 Å². The van der Waals surface area contributed by atoms with Crippen LogP contribution in [0.3, 0.4) is 0 Å². The van der Waals surface area contributed by atoms with E-state index >= 15 is 0 Å². The van der Waals surface area contributed by atoms with Crippen molar-refractivity contribution in [3.05, 3.63) is 17.0 Å². The lowest BCUT2D eigenvalue weighted by Gasteiger charge is -1.96. The quantitative estimate of drug-likeness (QED) is 0.526. The molecule has 0 spiro atoms. The van der Waals surface area contributed by atoms with E-state index in [0.29, 0.717) is 6.54 Å². The van der Waals surface area contributed by atoms with Gasteiger partial charge < -0.3 is 5.21 Å². The molecule has 0 radical (unpaired) electrons. The van der Waals surface area contributed by atoms with E-state index in [1.807, 2.05) is 13.8 Å². The van der Waals surface area contributed by atoms with Crippen molar-refractivity contribution in [3.8, 4) is 0 Å². The number of nitrogens with one attached hydrogen (secondary N) is 2. The van der Waals surface area contributed by atoms with Crippen LogP contribution in [0.25, 0.3) is 0 Å². The third-order valence-corrected chi connectivity index (χ3v) is 1.54. The summed E-state index contributed by atoms with van der Waals surface area (Å²) in [7, 11) is 0. The van der Waals surface area contributed by atoms with Gasteiger partial charge >= 0.3 is 0 Å². The molecule has 3 N–H and O–H groups in total. The summed E-state index contributed by atoms with van der Waals surface area (Å²) < 4.78 is 0. The van der Waals surface area contributed by atoms with Gasteiger partial charge in [0.25, 0.3) is 0 Å². The van der Waals surface area contributed by atoms with Crippen LogP contribution in [0.15, 0.2) is 0 Å². The predicted octanol–water partition coefficient (Wildman–Crippen LogP) is 0.505. The van der Waals surface area contributed by atoms with Crippen molar-refractivity contribution in [1.82, 2.24) is 15.7 Å². The average Bonchev–Trinajstić information content (AvgIpc) is 2.20. The van der Waals surface area contributed by atoms with Crippen LogP contribution in [0.5, 0.6) is 0 Å². The Balaban J connectivity index is 2.87. The number of aryl methyl sites for hydroxylation is 2. The number of hydrogen-bond donors (Lipinski definition) is 3. The van der Waals surface area contributed by atoms with Crippen molar-refractivity contribution < 1.29 is 5.21 Å². The average molecular weight is 141 g/mol. The summed E-state index contributed by atoms with van der Waals surface area (Å²) in [6.45, 7) is 4.27. The van der Waals surface area contributed by atoms with E-state index in [1.165, 1.54) is 0 Å². The third kappa shape index (κ3) is 1.17. The molecule has 1 heterocycles. The Morgan fingerprint density at radius 3 is 2.70 bits per heavy atom. The molecule has 0 fully saturated rings. The minimum absolute atomic E-state index is 0.453. The molecule has 1 rings (SSSR count). The molecule has 0 amide bonds. The van der Waals surface area contributed by atoms with Crippen molar-refractivity contribution >= 4 is 0 Å². The van der Waals surface area contributed by atoms with Gasteiger partial charge in [0.05, 0.1) is 5.69 Å². The van der Waals surface area contributed by atoms with E-state index in [9.17, 15) is 0 Å². The lowest BCUT2D eigenvalue weighted by atomic mass is 10.2. The standard InChI is InChI=1S/C6H11N3O/c1-4-6(3-7-10)5(2)9-8-4/h7,10H,3H2,1-2H3,(H,8,9). The summed E-state index contributed by atoms with van der Waals surface area (Å²) >= 11 is 0. The maximum Gasteiger partial charge on any atom is 0.0639 e. The molecule has 0 aliphatic carbocycles. The fourth-order valence-corrected chi connectivity index (χ4v) is 0.914. The maximum absolute atomic E-state index is 8.40. The van der Waals surface area contributed by atoms with E-state index in [2.05, 4.69) is 15.7 Å². The second-order valence-corrected chi connectivity index (χ2v) is 2.25. The van der Waals surface area contributed by atoms with Gasteiger partial charge in [0.1, 0.15) is 0 Å². The van der Waals surface area contributed by atoms with Gasteiger partial charge in [-0.2, -0.15) is 5.10 Å². The molecule has 1 aromatic heterocycles. The minimum atomic E-state index is 0.453. The molecular formula is C6H11N3O. The molecule has 4 heteroatoms. The Morgan fingerprint density at radius 2 is 2.30 bits per heavy atom. The summed E-state index contributed by atoms with van der Waals surface area (Å²) in [5.74, 6) is 0. The Morgan fingerprint density at radius 1 is 1.60 bits per heavy atom. The number of hydrogen-bond acceptors (Lipinski definition) is 3. The van der Waals surface area contributed by atoms with Crippen molar-refractivity contribution in [2.45, 2.75) is 20.4 Å². The van der Waals surface area contributed by atoms with E-state index in [-0.39, 0.29) is 0 Å². The lowest BCUT2D eigenvalue weighted by molar-refractivity contribution is 0.161. The summed E-state index contributed by atoms with van der Waals surface area (Å²) in [6, 6.07) is 0. The molecule has 0 unspecified atom stereocenters. The van der Waals surface area contributed by atoms with Gasteiger partial charge in [-0.05, 0) is 13.8 Å². The molecule has 0 aliphatic heterocycles. The summed E-state index contributed by atoms with van der Waals surface area (Å²) in [4.78, 5) is 0. The van der Waals surface area contributed by atoms with E-state index < -0.39 is 0 Å². The minimum Gasteiger partial charge on any atom is -0.316 e. The highest BCUT2D eigenvalue weighted by molar-refractivity contribution is 5.22. The summed E-state index contributed by atoms with van der Waals surface area (Å²) in [5, 5.41) is 15.2. The first kappa shape index (κ1) is 7.24. The van der Waals surface area contributed by atoms with Crippen LogP contribution in [0.1, 0.15) is 17.0 Å². The largest absolute Gasteiger partial charge is 0.316 e. The Kier molecular flexibility index (Phi) is 2.03. The maximum atomic E-state index is 8.40. The van der Waals surface area contributed by atoms with Crippen LogP contribution in [-0.4, -0.2) is 15.4 Å². The van der Waals surface area contributed by atoms with Crippen molar-refractivity contribution in [3.63, 3.8) is 0 Å². The molecule has 4 nitrogen and oxygen atoms in total. The highest BCUT2D eigenvalue weighted by Gasteiger charge is 2.03. The van der Waals surface area contributed by atoms with Crippen LogP contribution in [0.4, 0.5) is 0 Å². The van der Waals surface area contributed by atoms with Gasteiger partial charge in [0, 0.05) is 17.8 Å². The summed E-state index contributed by atoms with van der Waals surface area (Å²) in [5.41, 5.74) is 5.05. The zero-order valence-electron chi connectivity index (χ0n) is 6.10. The second-order valence-electron chi connectivity index (χ2n) is 2.25. The van der Waals surface area contributed by atoms with Crippen molar-refractivity contribution in [2.24, 2.45) is 0 Å². The number of aromatic nitrogens is 2. The van der Waals surface area contributed by atoms with Crippen molar-refractivity contribution in [1.29, 1.82) is 0 Å². The molecule has 0 saturated carbocycles. The number of aromatic amines is 1. The SMILES string of the molecule is Cc1n[nH]c(C)c1CNO. The highest BCUT2D eigenvalue weighted by Crippen LogP contribution is 2.07. The molecule has 0 aliphatic rings. The molecular weight excluding hydrogens is 130 g/mol. The fraction of sp³-hybridized carbons (Fsp3) is 0.500. The molecule has 10 heavy (non-hydrogen) atoms. The smallest absolute Gasteiger partial charge is 0.0639 e. The molecule has 56 valence electrons. The zero-order valence-corrected chi connectivity index (χ0v) is 6.10. The monoisotopic (exact) mass is 141 g/mol. The summed E-state index contributed by atoms with van der Waals surface area (Å²) in [6.07, 6.45) is 0. The van der Waals surface area contributed by atoms with Gasteiger partial charge in [-0.3, -0.25) is 5.10 Å². The first-order valence-electron chi connectivity index (χ1n) is 3.13. The van der Waals surface area contributed by atoms with Crippen molar-refractivity contribution in [2.75, 3.05) is 0 Å².